The van der Waals surface area contributed by atoms with Gasteiger partial charge in [-0.3, -0.25) is 4.98 Å². The van der Waals surface area contributed by atoms with Gasteiger partial charge in [-0.25, -0.2) is 0 Å². The molecule has 100 valence electrons. The van der Waals surface area contributed by atoms with E-state index >= 15 is 0 Å². The average Bonchev–Trinajstić information content (AvgIpc) is 2.82. The normalized spacial score (nSPS) is 10.7. The minimum atomic E-state index is 0.379. The first-order valence-electron chi connectivity index (χ1n) is 6.08. The summed E-state index contributed by atoms with van der Waals surface area (Å²) in [5.41, 5.74) is 9.63. The van der Waals surface area contributed by atoms with E-state index in [-0.39, 0.29) is 0 Å². The highest BCUT2D eigenvalue weighted by atomic mass is 79.9. The number of benzene rings is 1. The van der Waals surface area contributed by atoms with Gasteiger partial charge in [-0.1, -0.05) is 33.2 Å². The number of pyridine rings is 1. The van der Waals surface area contributed by atoms with Crippen LogP contribution in [0.1, 0.15) is 5.56 Å². The SMILES string of the molecule is Cc1cncc(-c2onc(N)c2-c2ccc(Br)cc2)c1. The van der Waals surface area contributed by atoms with Crippen molar-refractivity contribution in [3.63, 3.8) is 0 Å². The molecule has 1 aromatic carbocycles. The molecule has 0 radical (unpaired) electrons. The van der Waals surface area contributed by atoms with Crippen molar-refractivity contribution in [3.8, 4) is 22.5 Å². The molecule has 4 nitrogen and oxygen atoms in total. The van der Waals surface area contributed by atoms with Crippen molar-refractivity contribution in [2.45, 2.75) is 6.92 Å². The number of hydrogen-bond acceptors (Lipinski definition) is 4. The van der Waals surface area contributed by atoms with Crippen molar-refractivity contribution >= 4 is 21.7 Å². The van der Waals surface area contributed by atoms with E-state index < -0.39 is 0 Å². The number of anilines is 1. The summed E-state index contributed by atoms with van der Waals surface area (Å²) in [5.74, 6) is 1.02. The monoisotopic (exact) mass is 329 g/mol. The zero-order chi connectivity index (χ0) is 14.1. The van der Waals surface area contributed by atoms with Crippen LogP contribution in [0.5, 0.6) is 0 Å². The Balaban J connectivity index is 2.17. The van der Waals surface area contributed by atoms with Crippen LogP contribution in [0.25, 0.3) is 22.5 Å². The van der Waals surface area contributed by atoms with E-state index in [1.165, 1.54) is 0 Å². The third-order valence-electron chi connectivity index (χ3n) is 2.99. The zero-order valence-electron chi connectivity index (χ0n) is 10.8. The van der Waals surface area contributed by atoms with Gasteiger partial charge in [-0.05, 0) is 36.2 Å². The molecule has 0 fully saturated rings. The zero-order valence-corrected chi connectivity index (χ0v) is 12.4. The second-order valence-electron chi connectivity index (χ2n) is 4.53. The maximum Gasteiger partial charge on any atom is 0.178 e. The summed E-state index contributed by atoms with van der Waals surface area (Å²) in [7, 11) is 0. The summed E-state index contributed by atoms with van der Waals surface area (Å²) < 4.78 is 6.40. The van der Waals surface area contributed by atoms with E-state index in [2.05, 4.69) is 26.1 Å². The van der Waals surface area contributed by atoms with Crippen molar-refractivity contribution in [2.24, 2.45) is 0 Å². The molecule has 0 saturated carbocycles. The lowest BCUT2D eigenvalue weighted by Crippen LogP contribution is -1.89. The number of nitrogens with two attached hydrogens (primary N) is 1. The van der Waals surface area contributed by atoms with Gasteiger partial charge in [0.2, 0.25) is 0 Å². The number of halogens is 1. The van der Waals surface area contributed by atoms with Crippen LogP contribution in [-0.4, -0.2) is 10.1 Å². The number of rotatable bonds is 2. The fraction of sp³-hybridized carbons (Fsp3) is 0.0667. The summed E-state index contributed by atoms with van der Waals surface area (Å²) in [6.45, 7) is 1.98. The fourth-order valence-corrected chi connectivity index (χ4v) is 2.34. The maximum absolute atomic E-state index is 5.95. The first-order chi connectivity index (χ1) is 9.65. The van der Waals surface area contributed by atoms with Crippen molar-refractivity contribution < 1.29 is 4.52 Å². The molecule has 0 spiro atoms. The molecule has 0 aliphatic rings. The standard InChI is InChI=1S/C15H12BrN3O/c1-9-6-11(8-18-7-9)14-13(15(17)19-20-14)10-2-4-12(16)5-3-10/h2-8H,1H3,(H2,17,19). The van der Waals surface area contributed by atoms with Gasteiger partial charge >= 0.3 is 0 Å². The highest BCUT2D eigenvalue weighted by Gasteiger charge is 2.17. The number of aryl methyl sites for hydroxylation is 1. The quantitative estimate of drug-likeness (QED) is 0.770. The van der Waals surface area contributed by atoms with Crippen LogP contribution in [0, 0.1) is 6.92 Å². The van der Waals surface area contributed by atoms with Crippen LogP contribution in [0.3, 0.4) is 0 Å². The second kappa shape index (κ2) is 5.09. The summed E-state index contributed by atoms with van der Waals surface area (Å²) >= 11 is 3.42. The number of nitrogen functional groups attached to an aromatic ring is 1. The van der Waals surface area contributed by atoms with Gasteiger partial charge in [0.1, 0.15) is 0 Å². The van der Waals surface area contributed by atoms with Crippen LogP contribution < -0.4 is 5.73 Å². The Morgan fingerprint density at radius 2 is 1.85 bits per heavy atom. The summed E-state index contributed by atoms with van der Waals surface area (Å²) in [6.07, 6.45) is 3.54. The van der Waals surface area contributed by atoms with E-state index in [1.807, 2.05) is 37.3 Å². The Morgan fingerprint density at radius 3 is 2.55 bits per heavy atom. The van der Waals surface area contributed by atoms with Crippen molar-refractivity contribution in [2.75, 3.05) is 5.73 Å². The molecule has 0 aliphatic heterocycles. The van der Waals surface area contributed by atoms with Gasteiger partial charge in [-0.15, -0.1) is 0 Å². The van der Waals surface area contributed by atoms with Gasteiger partial charge < -0.3 is 10.3 Å². The number of hydrogen-bond donors (Lipinski definition) is 1. The summed E-state index contributed by atoms with van der Waals surface area (Å²) in [4.78, 5) is 4.18. The Morgan fingerprint density at radius 1 is 1.10 bits per heavy atom. The molecule has 2 N–H and O–H groups in total. The topological polar surface area (TPSA) is 64.9 Å². The minimum Gasteiger partial charge on any atom is -0.380 e. The van der Waals surface area contributed by atoms with E-state index in [9.17, 15) is 0 Å². The van der Waals surface area contributed by atoms with Crippen LogP contribution in [0.15, 0.2) is 51.7 Å². The molecule has 0 atom stereocenters. The largest absolute Gasteiger partial charge is 0.380 e. The first-order valence-corrected chi connectivity index (χ1v) is 6.87. The maximum atomic E-state index is 5.95. The molecule has 3 aromatic rings. The highest BCUT2D eigenvalue weighted by molar-refractivity contribution is 9.10. The van der Waals surface area contributed by atoms with Crippen LogP contribution in [0.2, 0.25) is 0 Å². The lowest BCUT2D eigenvalue weighted by atomic mass is 10.0. The average molecular weight is 330 g/mol. The number of nitrogens with zero attached hydrogens (tertiary/aromatic N) is 2. The molecule has 5 heteroatoms. The van der Waals surface area contributed by atoms with Crippen molar-refractivity contribution in [3.05, 3.63) is 52.8 Å². The summed E-state index contributed by atoms with van der Waals surface area (Å²) in [6, 6.07) is 9.86. The molecule has 3 rings (SSSR count). The third-order valence-corrected chi connectivity index (χ3v) is 3.52. The Hall–Kier alpha value is -2.14. The van der Waals surface area contributed by atoms with Gasteiger partial charge in [-0.2, -0.15) is 0 Å². The third kappa shape index (κ3) is 2.32. The molecule has 0 bridgehead atoms. The Labute approximate surface area is 124 Å². The first kappa shape index (κ1) is 12.9. The molecular formula is C15H12BrN3O. The van der Waals surface area contributed by atoms with Gasteiger partial charge in [0.05, 0.1) is 5.56 Å². The molecule has 0 amide bonds. The van der Waals surface area contributed by atoms with E-state index in [4.69, 9.17) is 10.3 Å². The molecular weight excluding hydrogens is 318 g/mol. The van der Waals surface area contributed by atoms with E-state index in [0.717, 1.165) is 26.7 Å². The van der Waals surface area contributed by atoms with Crippen LogP contribution in [0.4, 0.5) is 5.82 Å². The van der Waals surface area contributed by atoms with E-state index in [0.29, 0.717) is 11.6 Å². The van der Waals surface area contributed by atoms with Crippen LogP contribution in [-0.2, 0) is 0 Å². The van der Waals surface area contributed by atoms with Crippen molar-refractivity contribution in [1.29, 1.82) is 0 Å². The Bertz CT molecular complexity index is 750. The van der Waals surface area contributed by atoms with Gasteiger partial charge in [0.15, 0.2) is 11.6 Å². The second-order valence-corrected chi connectivity index (χ2v) is 5.45. The predicted octanol–water partition coefficient (Wildman–Crippen LogP) is 4.06. The van der Waals surface area contributed by atoms with Crippen molar-refractivity contribution in [1.82, 2.24) is 10.1 Å². The van der Waals surface area contributed by atoms with E-state index in [1.54, 1.807) is 12.4 Å². The molecule has 0 aliphatic carbocycles. The summed E-state index contributed by atoms with van der Waals surface area (Å²) in [5, 5.41) is 3.88. The predicted molar refractivity (Wildman–Crippen MR) is 82.0 cm³/mol. The highest BCUT2D eigenvalue weighted by Crippen LogP contribution is 2.36. The number of aromatic nitrogens is 2. The van der Waals surface area contributed by atoms with Gasteiger partial charge in [0, 0.05) is 22.4 Å². The molecule has 2 heterocycles. The lowest BCUT2D eigenvalue weighted by Gasteiger charge is -2.03. The smallest absolute Gasteiger partial charge is 0.178 e. The lowest BCUT2D eigenvalue weighted by molar-refractivity contribution is 0.436. The minimum absolute atomic E-state index is 0.379. The van der Waals surface area contributed by atoms with Gasteiger partial charge in [0.25, 0.3) is 0 Å². The molecule has 0 saturated heterocycles. The van der Waals surface area contributed by atoms with Crippen LogP contribution >= 0.6 is 15.9 Å². The Kier molecular flexibility index (Phi) is 3.28. The molecule has 20 heavy (non-hydrogen) atoms. The molecule has 0 unspecified atom stereocenters. The molecule has 2 aromatic heterocycles. The fourth-order valence-electron chi connectivity index (χ4n) is 2.07.